The maximum Gasteiger partial charge on any atom is 0.326 e. The molecule has 134 valence electrons. The van der Waals surface area contributed by atoms with Gasteiger partial charge in [0.25, 0.3) is 0 Å². The molecular weight excluding hydrogens is 298 g/mol. The molecule has 2 N–H and O–H groups in total. The molecule has 2 rings (SSSR count). The zero-order chi connectivity index (χ0) is 18.9. The Morgan fingerprint density at radius 3 is 2.33 bits per heavy atom. The van der Waals surface area contributed by atoms with E-state index >= 15 is 0 Å². The summed E-state index contributed by atoms with van der Waals surface area (Å²) in [7, 11) is 0. The number of benzene rings is 1. The van der Waals surface area contributed by atoms with E-state index in [4.69, 9.17) is 0 Å². The second kappa shape index (κ2) is 10.7. The van der Waals surface area contributed by atoms with E-state index in [1.54, 1.807) is 0 Å². The lowest BCUT2D eigenvalue weighted by Crippen LogP contribution is -2.41. The van der Waals surface area contributed by atoms with Crippen molar-refractivity contribution in [1.29, 1.82) is 0 Å². The highest BCUT2D eigenvalue weighted by molar-refractivity contribution is 5.80. The topological polar surface area (TPSA) is 49.3 Å². The van der Waals surface area contributed by atoms with E-state index in [2.05, 4.69) is 31.5 Å². The Morgan fingerprint density at radius 2 is 1.92 bits per heavy atom. The second-order valence-corrected chi connectivity index (χ2v) is 5.98. The van der Waals surface area contributed by atoms with Crippen LogP contribution in [0.25, 0.3) is 0 Å². The minimum absolute atomic E-state index is 0.000648. The number of hydrogen-bond donors (Lipinski definition) is 2. The fraction of sp³-hybridized carbons (Fsp3) is 0.476. The Kier molecular flexibility index (Phi) is 9.79. The van der Waals surface area contributed by atoms with Gasteiger partial charge in [0, 0.05) is 11.6 Å². The summed E-state index contributed by atoms with van der Waals surface area (Å²) in [6.45, 7) is 19.6. The van der Waals surface area contributed by atoms with Gasteiger partial charge in [0.2, 0.25) is 0 Å². The van der Waals surface area contributed by atoms with Gasteiger partial charge in [-0.05, 0) is 37.8 Å². The van der Waals surface area contributed by atoms with Crippen molar-refractivity contribution < 1.29 is 9.90 Å². The van der Waals surface area contributed by atoms with E-state index in [0.29, 0.717) is 0 Å². The largest absolute Gasteiger partial charge is 0.480 e. The van der Waals surface area contributed by atoms with Crippen LogP contribution in [-0.4, -0.2) is 17.1 Å². The lowest BCUT2D eigenvalue weighted by molar-refractivity contribution is -0.139. The van der Waals surface area contributed by atoms with Crippen LogP contribution in [0.4, 0.5) is 5.69 Å². The molecule has 1 aromatic carbocycles. The predicted molar refractivity (Wildman–Crippen MR) is 105 cm³/mol. The first-order valence-electron chi connectivity index (χ1n) is 8.68. The number of rotatable bonds is 3. The lowest BCUT2D eigenvalue weighted by atomic mass is 9.78. The molecule has 1 aliphatic heterocycles. The molecule has 0 spiro atoms. The van der Waals surface area contributed by atoms with E-state index in [9.17, 15) is 9.90 Å². The first-order valence-corrected chi connectivity index (χ1v) is 8.68. The number of carboxylic acid groups (broad SMARTS) is 1. The molecule has 0 aliphatic carbocycles. The molecule has 0 radical (unpaired) electrons. The number of anilines is 1. The molecule has 24 heavy (non-hydrogen) atoms. The van der Waals surface area contributed by atoms with E-state index in [1.165, 1.54) is 11.1 Å². The van der Waals surface area contributed by atoms with Crippen LogP contribution in [0.15, 0.2) is 43.0 Å². The smallest absolute Gasteiger partial charge is 0.326 e. The van der Waals surface area contributed by atoms with Gasteiger partial charge in [0.05, 0.1) is 0 Å². The molecule has 0 saturated heterocycles. The quantitative estimate of drug-likeness (QED) is 0.690. The molecule has 0 aromatic heterocycles. The van der Waals surface area contributed by atoms with Gasteiger partial charge in [-0.1, -0.05) is 57.0 Å². The van der Waals surface area contributed by atoms with Crippen LogP contribution in [-0.2, 0) is 4.79 Å². The molecule has 0 saturated carbocycles. The van der Waals surface area contributed by atoms with Gasteiger partial charge < -0.3 is 10.4 Å². The molecule has 0 amide bonds. The number of aliphatic carboxylic acids is 1. The Hall–Kier alpha value is -2.03. The molecule has 3 heteroatoms. The van der Waals surface area contributed by atoms with Crippen LogP contribution in [0.5, 0.6) is 0 Å². The maximum absolute atomic E-state index is 11.2. The van der Waals surface area contributed by atoms with Crippen LogP contribution in [0.3, 0.4) is 0 Å². The summed E-state index contributed by atoms with van der Waals surface area (Å²) in [5, 5.41) is 12.3. The molecule has 3 atom stereocenters. The Labute approximate surface area is 147 Å². The highest BCUT2D eigenvalue weighted by atomic mass is 16.4. The van der Waals surface area contributed by atoms with Crippen LogP contribution in [0.1, 0.15) is 58.1 Å². The predicted octanol–water partition coefficient (Wildman–Crippen LogP) is 5.78. The summed E-state index contributed by atoms with van der Waals surface area (Å²) < 4.78 is 0. The average molecular weight is 332 g/mol. The van der Waals surface area contributed by atoms with E-state index in [1.807, 2.05) is 52.8 Å². The molecule has 3 nitrogen and oxygen atoms in total. The number of hydrogen-bond acceptors (Lipinski definition) is 2. The SMILES string of the molecule is C=C(C)CC.C=CC1c2cc(C)ccc2NC(C(=O)O)C1C.CC. The number of aryl methyl sites for hydroxylation is 1. The van der Waals surface area contributed by atoms with Crippen molar-refractivity contribution in [2.24, 2.45) is 5.92 Å². The van der Waals surface area contributed by atoms with Crippen molar-refractivity contribution in [2.75, 3.05) is 5.32 Å². The minimum Gasteiger partial charge on any atom is -0.480 e. The van der Waals surface area contributed by atoms with E-state index < -0.39 is 12.0 Å². The first-order chi connectivity index (χ1) is 11.3. The van der Waals surface area contributed by atoms with E-state index in [0.717, 1.165) is 17.7 Å². The monoisotopic (exact) mass is 331 g/mol. The van der Waals surface area contributed by atoms with Gasteiger partial charge in [-0.2, -0.15) is 0 Å². The van der Waals surface area contributed by atoms with Crippen molar-refractivity contribution >= 4 is 11.7 Å². The normalized spacial score (nSPS) is 20.8. The van der Waals surface area contributed by atoms with Gasteiger partial charge >= 0.3 is 5.97 Å². The number of fused-ring (bicyclic) bond motifs is 1. The van der Waals surface area contributed by atoms with Crippen LogP contribution in [0.2, 0.25) is 0 Å². The summed E-state index contributed by atoms with van der Waals surface area (Å²) in [4.78, 5) is 11.2. The summed E-state index contributed by atoms with van der Waals surface area (Å²) >= 11 is 0. The van der Waals surface area contributed by atoms with Crippen molar-refractivity contribution in [1.82, 2.24) is 0 Å². The first kappa shape index (κ1) is 22.0. The van der Waals surface area contributed by atoms with Crippen molar-refractivity contribution in [3.05, 3.63) is 54.1 Å². The van der Waals surface area contributed by atoms with Gasteiger partial charge in [0.15, 0.2) is 0 Å². The third-order valence-corrected chi connectivity index (χ3v) is 4.09. The minimum atomic E-state index is -0.810. The fourth-order valence-corrected chi connectivity index (χ4v) is 2.51. The molecule has 0 bridgehead atoms. The zero-order valence-electron chi connectivity index (χ0n) is 16.0. The third-order valence-electron chi connectivity index (χ3n) is 4.09. The summed E-state index contributed by atoms with van der Waals surface area (Å²) in [5.41, 5.74) is 4.49. The number of carbonyl (C=O) groups is 1. The van der Waals surface area contributed by atoms with Gasteiger partial charge in [-0.3, -0.25) is 0 Å². The van der Waals surface area contributed by atoms with Crippen molar-refractivity contribution in [3.8, 4) is 0 Å². The van der Waals surface area contributed by atoms with Gasteiger partial charge in [-0.25, -0.2) is 4.79 Å². The second-order valence-electron chi connectivity index (χ2n) is 5.98. The summed E-state index contributed by atoms with van der Waals surface area (Å²) in [6, 6.07) is 5.49. The maximum atomic E-state index is 11.2. The standard InChI is InChI=1S/C14H17NO2.C5H10.C2H6/c1-4-10-9(3)13(14(16)17)15-12-6-5-8(2)7-11(10)12;1-4-5(2)3;1-2/h4-7,9-10,13,15H,1H2,2-3H3,(H,16,17);2,4H2,1,3H3;1-2H3. The molecule has 3 unspecified atom stereocenters. The molecule has 1 aliphatic rings. The summed E-state index contributed by atoms with van der Waals surface area (Å²) in [6.07, 6.45) is 2.96. The number of carboxylic acids is 1. The number of allylic oxidation sites excluding steroid dienone is 2. The molecule has 1 aromatic rings. The Bertz CT molecular complexity index is 563. The summed E-state index contributed by atoms with van der Waals surface area (Å²) in [5.74, 6) is -0.720. The number of nitrogens with one attached hydrogen (secondary N) is 1. The van der Waals surface area contributed by atoms with Gasteiger partial charge in [-0.15, -0.1) is 13.2 Å². The zero-order valence-corrected chi connectivity index (χ0v) is 16.0. The average Bonchev–Trinajstić information content (AvgIpc) is 2.56. The van der Waals surface area contributed by atoms with E-state index in [-0.39, 0.29) is 11.8 Å². The van der Waals surface area contributed by atoms with Crippen molar-refractivity contribution in [3.63, 3.8) is 0 Å². The van der Waals surface area contributed by atoms with Crippen LogP contribution < -0.4 is 5.32 Å². The Morgan fingerprint density at radius 1 is 1.38 bits per heavy atom. The fourth-order valence-electron chi connectivity index (χ4n) is 2.51. The molecule has 1 heterocycles. The van der Waals surface area contributed by atoms with Crippen LogP contribution >= 0.6 is 0 Å². The Balaban J connectivity index is 0.000000650. The van der Waals surface area contributed by atoms with Crippen molar-refractivity contribution in [2.45, 2.75) is 59.9 Å². The highest BCUT2D eigenvalue weighted by Crippen LogP contribution is 2.39. The third kappa shape index (κ3) is 5.88. The molecular formula is C21H33NO2. The van der Waals surface area contributed by atoms with Crippen LogP contribution in [0, 0.1) is 12.8 Å². The highest BCUT2D eigenvalue weighted by Gasteiger charge is 2.35. The molecule has 0 fully saturated rings. The lowest BCUT2D eigenvalue weighted by Gasteiger charge is -2.35. The van der Waals surface area contributed by atoms with Gasteiger partial charge in [0.1, 0.15) is 6.04 Å².